The number of hydrogen-bond donors (Lipinski definition) is 2. The molecule has 0 saturated carbocycles. The Morgan fingerprint density at radius 3 is 2.23 bits per heavy atom. The first kappa shape index (κ1) is 16.2. The molecule has 0 fully saturated rings. The highest BCUT2D eigenvalue weighted by Crippen LogP contribution is 2.18. The first-order valence-electron chi connectivity index (χ1n) is 6.37. The Hall–Kier alpha value is -2.15. The summed E-state index contributed by atoms with van der Waals surface area (Å²) in [4.78, 5) is 11.8. The Kier molecular flexibility index (Phi) is 5.71. The van der Waals surface area contributed by atoms with Crippen LogP contribution in [0.1, 0.15) is 0 Å². The smallest absolute Gasteiger partial charge is 0.387 e. The quantitative estimate of drug-likeness (QED) is 0.804. The lowest BCUT2D eigenvalue weighted by atomic mass is 10.3. The lowest BCUT2D eigenvalue weighted by molar-refractivity contribution is -0.114. The van der Waals surface area contributed by atoms with Gasteiger partial charge in [-0.15, -0.1) is 0 Å². The van der Waals surface area contributed by atoms with E-state index >= 15 is 0 Å². The molecule has 0 bridgehead atoms. The molecule has 0 aliphatic heterocycles. The van der Waals surface area contributed by atoms with Gasteiger partial charge in [-0.1, -0.05) is 15.9 Å². The van der Waals surface area contributed by atoms with Gasteiger partial charge in [0.1, 0.15) is 5.75 Å². The van der Waals surface area contributed by atoms with Crippen LogP contribution in [0.15, 0.2) is 53.0 Å². The number of halogens is 3. The molecule has 4 nitrogen and oxygen atoms in total. The topological polar surface area (TPSA) is 50.4 Å². The number of benzene rings is 2. The summed E-state index contributed by atoms with van der Waals surface area (Å²) in [6.45, 7) is -2.79. The van der Waals surface area contributed by atoms with Crippen LogP contribution in [0, 0.1) is 0 Å². The van der Waals surface area contributed by atoms with Crippen molar-refractivity contribution in [1.82, 2.24) is 0 Å². The van der Waals surface area contributed by atoms with Gasteiger partial charge in [-0.2, -0.15) is 8.78 Å². The van der Waals surface area contributed by atoms with E-state index in [1.807, 2.05) is 12.1 Å². The highest BCUT2D eigenvalue weighted by molar-refractivity contribution is 9.10. The van der Waals surface area contributed by atoms with Gasteiger partial charge in [0.25, 0.3) is 0 Å². The molecule has 0 unspecified atom stereocenters. The summed E-state index contributed by atoms with van der Waals surface area (Å²) in [5.41, 5.74) is 1.32. The van der Waals surface area contributed by atoms with Crippen LogP contribution in [0.25, 0.3) is 0 Å². The molecule has 2 rings (SSSR count). The number of anilines is 2. The normalized spacial score (nSPS) is 10.4. The molecule has 0 aliphatic rings. The lowest BCUT2D eigenvalue weighted by Gasteiger charge is -2.09. The summed E-state index contributed by atoms with van der Waals surface area (Å²) in [5.74, 6) is -0.143. The van der Waals surface area contributed by atoms with E-state index in [-0.39, 0.29) is 18.2 Å². The van der Waals surface area contributed by atoms with Crippen molar-refractivity contribution in [2.75, 3.05) is 17.2 Å². The number of carbonyl (C=O) groups is 1. The Morgan fingerprint density at radius 1 is 1.05 bits per heavy atom. The van der Waals surface area contributed by atoms with Gasteiger partial charge in [0.05, 0.1) is 6.54 Å². The van der Waals surface area contributed by atoms with Crippen molar-refractivity contribution in [3.8, 4) is 5.75 Å². The molecule has 0 saturated heterocycles. The zero-order valence-electron chi connectivity index (χ0n) is 11.4. The molecule has 0 aromatic heterocycles. The van der Waals surface area contributed by atoms with Crippen LogP contribution >= 0.6 is 15.9 Å². The van der Waals surface area contributed by atoms with E-state index in [1.54, 1.807) is 24.3 Å². The van der Waals surface area contributed by atoms with Crippen molar-refractivity contribution in [2.24, 2.45) is 0 Å². The molecule has 22 heavy (non-hydrogen) atoms. The number of hydrogen-bond acceptors (Lipinski definition) is 3. The van der Waals surface area contributed by atoms with E-state index in [9.17, 15) is 13.6 Å². The second kappa shape index (κ2) is 7.74. The maximum atomic E-state index is 12.0. The number of ether oxygens (including phenoxy) is 1. The molecule has 0 spiro atoms. The molecule has 2 aromatic rings. The summed E-state index contributed by atoms with van der Waals surface area (Å²) < 4.78 is 29.2. The van der Waals surface area contributed by atoms with E-state index in [0.29, 0.717) is 11.4 Å². The van der Waals surface area contributed by atoms with Crippen molar-refractivity contribution in [3.05, 3.63) is 53.0 Å². The van der Waals surface area contributed by atoms with Crippen molar-refractivity contribution in [1.29, 1.82) is 0 Å². The SMILES string of the molecule is O=C(CNc1ccc(OC(F)F)cc1)Nc1ccc(Br)cc1. The number of nitrogens with one attached hydrogen (secondary N) is 2. The van der Waals surface area contributed by atoms with Crippen molar-refractivity contribution >= 4 is 33.2 Å². The molecule has 0 aliphatic carbocycles. The van der Waals surface area contributed by atoms with Gasteiger partial charge in [0.15, 0.2) is 0 Å². The van der Waals surface area contributed by atoms with E-state index in [2.05, 4.69) is 31.3 Å². The van der Waals surface area contributed by atoms with Gasteiger partial charge < -0.3 is 15.4 Å². The highest BCUT2D eigenvalue weighted by Gasteiger charge is 2.05. The minimum absolute atomic E-state index is 0.0606. The fourth-order valence-electron chi connectivity index (χ4n) is 1.67. The van der Waals surface area contributed by atoms with Crippen LogP contribution in [0.5, 0.6) is 5.75 Å². The molecule has 0 atom stereocenters. The van der Waals surface area contributed by atoms with Crippen molar-refractivity contribution < 1.29 is 18.3 Å². The first-order chi connectivity index (χ1) is 10.5. The minimum Gasteiger partial charge on any atom is -0.435 e. The predicted octanol–water partition coefficient (Wildman–Crippen LogP) is 4.10. The van der Waals surface area contributed by atoms with Gasteiger partial charge in [0, 0.05) is 15.8 Å². The standard InChI is InChI=1S/C15H13BrF2N2O2/c16-10-1-3-12(4-2-10)20-14(21)9-19-11-5-7-13(8-6-11)22-15(17)18/h1-8,15,19H,9H2,(H,20,21). The maximum Gasteiger partial charge on any atom is 0.387 e. The van der Waals surface area contributed by atoms with Crippen LogP contribution < -0.4 is 15.4 Å². The summed E-state index contributed by atoms with van der Waals surface area (Å²) in [6.07, 6.45) is 0. The largest absolute Gasteiger partial charge is 0.435 e. The van der Waals surface area contributed by atoms with Gasteiger partial charge in [-0.05, 0) is 48.5 Å². The number of carbonyl (C=O) groups excluding carboxylic acids is 1. The fraction of sp³-hybridized carbons (Fsp3) is 0.133. The number of amides is 1. The lowest BCUT2D eigenvalue weighted by Crippen LogP contribution is -2.21. The van der Waals surface area contributed by atoms with Gasteiger partial charge in [0.2, 0.25) is 5.91 Å². The summed E-state index contributed by atoms with van der Waals surface area (Å²) in [6, 6.07) is 13.1. The number of alkyl halides is 2. The molecular formula is C15H13BrF2N2O2. The van der Waals surface area contributed by atoms with Crippen molar-refractivity contribution in [3.63, 3.8) is 0 Å². The second-order valence-corrected chi connectivity index (χ2v) is 5.23. The summed E-state index contributed by atoms with van der Waals surface area (Å²) in [5, 5.41) is 5.62. The average Bonchev–Trinajstić information content (AvgIpc) is 2.48. The monoisotopic (exact) mass is 370 g/mol. The fourth-order valence-corrected chi connectivity index (χ4v) is 1.94. The van der Waals surface area contributed by atoms with E-state index in [0.717, 1.165) is 4.47 Å². The van der Waals surface area contributed by atoms with Gasteiger partial charge >= 0.3 is 6.61 Å². The van der Waals surface area contributed by atoms with Crippen LogP contribution in [0.4, 0.5) is 20.2 Å². The first-order valence-corrected chi connectivity index (χ1v) is 7.16. The van der Waals surface area contributed by atoms with Crippen LogP contribution in [-0.4, -0.2) is 19.1 Å². The molecule has 2 aromatic carbocycles. The third-order valence-electron chi connectivity index (χ3n) is 2.66. The molecule has 2 N–H and O–H groups in total. The van der Waals surface area contributed by atoms with Gasteiger partial charge in [-0.3, -0.25) is 4.79 Å². The molecule has 116 valence electrons. The Labute approximate surface area is 134 Å². The molecule has 0 heterocycles. The average molecular weight is 371 g/mol. The predicted molar refractivity (Wildman–Crippen MR) is 84.3 cm³/mol. The second-order valence-electron chi connectivity index (χ2n) is 4.31. The molecular weight excluding hydrogens is 358 g/mol. The van der Waals surface area contributed by atoms with Gasteiger partial charge in [-0.25, -0.2) is 0 Å². The third kappa shape index (κ3) is 5.33. The van der Waals surface area contributed by atoms with E-state index < -0.39 is 6.61 Å². The Morgan fingerprint density at radius 2 is 1.64 bits per heavy atom. The zero-order chi connectivity index (χ0) is 15.9. The Bertz CT molecular complexity index is 618. The maximum absolute atomic E-state index is 12.0. The van der Waals surface area contributed by atoms with E-state index in [1.165, 1.54) is 12.1 Å². The number of rotatable bonds is 6. The zero-order valence-corrected chi connectivity index (χ0v) is 12.9. The third-order valence-corrected chi connectivity index (χ3v) is 3.19. The molecule has 0 radical (unpaired) electrons. The summed E-state index contributed by atoms with van der Waals surface area (Å²) >= 11 is 3.31. The van der Waals surface area contributed by atoms with Crippen LogP contribution in [0.3, 0.4) is 0 Å². The minimum atomic E-state index is -2.85. The molecule has 1 amide bonds. The van der Waals surface area contributed by atoms with E-state index in [4.69, 9.17) is 0 Å². The summed E-state index contributed by atoms with van der Waals surface area (Å²) in [7, 11) is 0. The van der Waals surface area contributed by atoms with Crippen molar-refractivity contribution in [2.45, 2.75) is 6.61 Å². The van der Waals surface area contributed by atoms with Crippen LogP contribution in [0.2, 0.25) is 0 Å². The van der Waals surface area contributed by atoms with Crippen LogP contribution in [-0.2, 0) is 4.79 Å². The molecule has 7 heteroatoms. The Balaban J connectivity index is 1.81. The highest BCUT2D eigenvalue weighted by atomic mass is 79.9.